The van der Waals surface area contributed by atoms with Crippen LogP contribution in [0.2, 0.25) is 0 Å². The molecule has 0 saturated heterocycles. The molecular formula is C26H43N4O7P. The SMILES string of the molecule is CCC(CC)COC(=O)[C@H](CC(C)C)N[PH](=O)OCC1(COC(=O)C(C)C)C/C1=C/n1ccc(N)nc1=O. The molecule has 2 unspecified atom stereocenters. The number of carbonyl (C=O) groups excluding carboxylic acids is 2. The van der Waals surface area contributed by atoms with Crippen molar-refractivity contribution in [1.82, 2.24) is 14.6 Å². The van der Waals surface area contributed by atoms with Crippen molar-refractivity contribution in [1.29, 1.82) is 0 Å². The van der Waals surface area contributed by atoms with Gasteiger partial charge in [0.1, 0.15) is 18.5 Å². The van der Waals surface area contributed by atoms with Crippen LogP contribution >= 0.6 is 8.18 Å². The molecule has 1 saturated carbocycles. The lowest BCUT2D eigenvalue weighted by molar-refractivity contribution is -0.149. The van der Waals surface area contributed by atoms with Gasteiger partial charge >= 0.3 is 17.6 Å². The van der Waals surface area contributed by atoms with E-state index in [4.69, 9.17) is 19.7 Å². The first-order chi connectivity index (χ1) is 17.9. The van der Waals surface area contributed by atoms with Gasteiger partial charge < -0.3 is 19.7 Å². The molecule has 0 aliphatic heterocycles. The second-order valence-corrected chi connectivity index (χ2v) is 11.8. The van der Waals surface area contributed by atoms with Crippen LogP contribution in [-0.4, -0.2) is 47.4 Å². The average Bonchev–Trinajstić information content (AvgIpc) is 3.55. The number of hydrogen-bond donors (Lipinski definition) is 2. The molecule has 0 aromatic carbocycles. The number of rotatable bonds is 16. The van der Waals surface area contributed by atoms with Gasteiger partial charge in [-0.05, 0) is 36.3 Å². The summed E-state index contributed by atoms with van der Waals surface area (Å²) in [5.74, 6) is -0.578. The van der Waals surface area contributed by atoms with Crippen LogP contribution < -0.4 is 16.5 Å². The van der Waals surface area contributed by atoms with Crippen LogP contribution in [0.4, 0.5) is 5.82 Å². The van der Waals surface area contributed by atoms with Crippen molar-refractivity contribution >= 4 is 32.1 Å². The number of ether oxygens (including phenoxy) is 2. The van der Waals surface area contributed by atoms with E-state index in [2.05, 4.69) is 10.1 Å². The molecule has 0 radical (unpaired) electrons. The Kier molecular flexibility index (Phi) is 12.2. The molecule has 0 spiro atoms. The largest absolute Gasteiger partial charge is 0.464 e. The monoisotopic (exact) mass is 554 g/mol. The van der Waals surface area contributed by atoms with E-state index >= 15 is 0 Å². The minimum atomic E-state index is -2.85. The normalized spacial score (nSPS) is 19.7. The number of esters is 2. The number of nitrogen functional groups attached to an aromatic ring is 1. The molecule has 2 rings (SSSR count). The minimum absolute atomic E-state index is 0.00896. The highest BCUT2D eigenvalue weighted by molar-refractivity contribution is 7.36. The first-order valence-electron chi connectivity index (χ1n) is 13.2. The maximum Gasteiger partial charge on any atom is 0.353 e. The van der Waals surface area contributed by atoms with Gasteiger partial charge in [0.2, 0.25) is 0 Å². The first-order valence-corrected chi connectivity index (χ1v) is 14.5. The van der Waals surface area contributed by atoms with E-state index < -0.39 is 31.3 Å². The molecule has 0 amide bonds. The van der Waals surface area contributed by atoms with Crippen LogP contribution in [0.1, 0.15) is 67.2 Å². The fourth-order valence-corrected chi connectivity index (χ4v) is 4.81. The predicted octanol–water partition coefficient (Wildman–Crippen LogP) is 3.65. The van der Waals surface area contributed by atoms with E-state index in [1.807, 2.05) is 27.7 Å². The Balaban J connectivity index is 2.10. The summed E-state index contributed by atoms with van der Waals surface area (Å²) in [6, 6.07) is 0.733. The second kappa shape index (κ2) is 14.6. The number of nitrogens with one attached hydrogen (secondary N) is 1. The third-order valence-corrected chi connectivity index (χ3v) is 7.56. The minimum Gasteiger partial charge on any atom is -0.464 e. The van der Waals surface area contributed by atoms with Crippen LogP contribution in [0.15, 0.2) is 22.6 Å². The summed E-state index contributed by atoms with van der Waals surface area (Å²) in [7, 11) is -2.85. The van der Waals surface area contributed by atoms with E-state index in [0.717, 1.165) is 18.4 Å². The molecular weight excluding hydrogens is 511 g/mol. The summed E-state index contributed by atoms with van der Waals surface area (Å²) in [5, 5.41) is 2.81. The van der Waals surface area contributed by atoms with Gasteiger partial charge in [-0.3, -0.25) is 18.7 Å². The van der Waals surface area contributed by atoms with Crippen LogP contribution in [-0.2, 0) is 28.2 Å². The maximum absolute atomic E-state index is 12.9. The van der Waals surface area contributed by atoms with Crippen LogP contribution in [0.5, 0.6) is 0 Å². The van der Waals surface area contributed by atoms with Crippen molar-refractivity contribution in [2.45, 2.75) is 73.3 Å². The molecule has 1 aromatic heterocycles. The summed E-state index contributed by atoms with van der Waals surface area (Å²) in [6.45, 7) is 11.8. The second-order valence-electron chi connectivity index (χ2n) is 10.6. The Hall–Kier alpha value is -2.49. The Morgan fingerprint density at radius 2 is 1.87 bits per heavy atom. The summed E-state index contributed by atoms with van der Waals surface area (Å²) in [4.78, 5) is 40.7. The maximum atomic E-state index is 12.9. The fourth-order valence-electron chi connectivity index (χ4n) is 3.80. The summed E-state index contributed by atoms with van der Waals surface area (Å²) in [5.41, 5.74) is 5.06. The molecule has 1 aliphatic rings. The van der Waals surface area contributed by atoms with Crippen LogP contribution in [0.25, 0.3) is 6.20 Å². The van der Waals surface area contributed by atoms with E-state index in [9.17, 15) is 18.9 Å². The smallest absolute Gasteiger partial charge is 0.353 e. The van der Waals surface area contributed by atoms with Crippen LogP contribution in [0.3, 0.4) is 0 Å². The zero-order chi connectivity index (χ0) is 28.5. The van der Waals surface area contributed by atoms with Crippen molar-refractivity contribution in [3.63, 3.8) is 0 Å². The summed E-state index contributed by atoms with van der Waals surface area (Å²) >= 11 is 0. The average molecular weight is 555 g/mol. The summed E-state index contributed by atoms with van der Waals surface area (Å²) in [6.07, 6.45) is 5.82. The highest BCUT2D eigenvalue weighted by Crippen LogP contribution is 2.54. The lowest BCUT2D eigenvalue weighted by atomic mass is 10.0. The molecule has 12 heteroatoms. The molecule has 3 N–H and O–H groups in total. The van der Waals surface area contributed by atoms with Gasteiger partial charge in [-0.1, -0.05) is 54.4 Å². The van der Waals surface area contributed by atoms with E-state index in [1.165, 1.54) is 16.8 Å². The van der Waals surface area contributed by atoms with E-state index in [-0.39, 0.29) is 42.8 Å². The lowest BCUT2D eigenvalue weighted by Gasteiger charge is -2.22. The highest BCUT2D eigenvalue weighted by atomic mass is 31.1. The summed E-state index contributed by atoms with van der Waals surface area (Å²) < 4.78 is 30.8. The number of carbonyl (C=O) groups is 2. The number of hydrogen-bond acceptors (Lipinski definition) is 9. The first kappa shape index (κ1) is 31.7. The lowest BCUT2D eigenvalue weighted by Crippen LogP contribution is -2.36. The topological polar surface area (TPSA) is 152 Å². The van der Waals surface area contributed by atoms with Gasteiger partial charge in [-0.2, -0.15) is 4.98 Å². The standard InChI is InChI=1S/C26H43N4O7P/c1-7-19(8-2)14-35-24(32)21(11-17(3)4)29-38(34)37-16-26(15-36-23(31)18(5)6)12-20(26)13-30-10-9-22(27)28-25(30)33/h9-10,13,17-19,21,38H,7-8,11-12,14-16H2,1-6H3,(H,29,34)(H2,27,28,33)/b20-13-/t21-,26?/m0/s1. The van der Waals surface area contributed by atoms with Gasteiger partial charge in [0.25, 0.3) is 8.18 Å². The van der Waals surface area contributed by atoms with Crippen molar-refractivity contribution in [3.8, 4) is 0 Å². The molecule has 1 aromatic rings. The van der Waals surface area contributed by atoms with Crippen molar-refractivity contribution in [3.05, 3.63) is 28.3 Å². The van der Waals surface area contributed by atoms with E-state index in [1.54, 1.807) is 20.0 Å². The molecule has 0 bridgehead atoms. The predicted molar refractivity (Wildman–Crippen MR) is 146 cm³/mol. The molecule has 3 atom stereocenters. The quantitative estimate of drug-likeness (QED) is 0.229. The Bertz CT molecular complexity index is 1070. The van der Waals surface area contributed by atoms with Crippen molar-refractivity contribution < 1.29 is 28.2 Å². The zero-order valence-corrected chi connectivity index (χ0v) is 24.3. The Labute approximate surface area is 225 Å². The Morgan fingerprint density at radius 3 is 2.45 bits per heavy atom. The van der Waals surface area contributed by atoms with Crippen molar-refractivity contribution in [2.24, 2.45) is 23.2 Å². The van der Waals surface area contributed by atoms with E-state index in [0.29, 0.717) is 19.4 Å². The fraction of sp³-hybridized carbons (Fsp3) is 0.692. The third-order valence-electron chi connectivity index (χ3n) is 6.57. The molecule has 11 nitrogen and oxygen atoms in total. The highest BCUT2D eigenvalue weighted by Gasteiger charge is 2.51. The third kappa shape index (κ3) is 9.67. The number of nitrogens with zero attached hydrogens (tertiary/aromatic N) is 2. The van der Waals surface area contributed by atoms with Gasteiger partial charge in [0, 0.05) is 12.4 Å². The van der Waals surface area contributed by atoms with Crippen molar-refractivity contribution in [2.75, 3.05) is 25.6 Å². The molecule has 1 aliphatic carbocycles. The number of aromatic nitrogens is 2. The molecule has 214 valence electrons. The van der Waals surface area contributed by atoms with Gasteiger partial charge in [-0.25, -0.2) is 9.88 Å². The zero-order valence-electron chi connectivity index (χ0n) is 23.3. The molecule has 38 heavy (non-hydrogen) atoms. The molecule has 1 heterocycles. The molecule has 1 fully saturated rings. The number of nitrogens with two attached hydrogens (primary N) is 1. The van der Waals surface area contributed by atoms with Gasteiger partial charge in [0.15, 0.2) is 0 Å². The van der Waals surface area contributed by atoms with Gasteiger partial charge in [0.05, 0.1) is 24.5 Å². The number of anilines is 1. The van der Waals surface area contributed by atoms with Crippen LogP contribution in [0, 0.1) is 23.2 Å². The Morgan fingerprint density at radius 1 is 1.18 bits per heavy atom. The van der Waals surface area contributed by atoms with Gasteiger partial charge in [-0.15, -0.1) is 0 Å².